The molecule has 22 heavy (non-hydrogen) atoms. The Morgan fingerprint density at radius 2 is 1.77 bits per heavy atom. The molecule has 0 bridgehead atoms. The van der Waals surface area contributed by atoms with Crippen molar-refractivity contribution in [3.8, 4) is 0 Å². The third-order valence-electron chi connectivity index (χ3n) is 6.06. The van der Waals surface area contributed by atoms with Gasteiger partial charge >= 0.3 is 0 Å². The number of nitrogens with zero attached hydrogens (tertiary/aromatic N) is 2. The van der Waals surface area contributed by atoms with E-state index in [9.17, 15) is 4.79 Å². The lowest BCUT2D eigenvalue weighted by atomic mass is 9.81. The van der Waals surface area contributed by atoms with Crippen molar-refractivity contribution in [1.29, 1.82) is 0 Å². The van der Waals surface area contributed by atoms with Crippen LogP contribution in [0.4, 0.5) is 5.69 Å². The Morgan fingerprint density at radius 3 is 2.55 bits per heavy atom. The fourth-order valence-corrected chi connectivity index (χ4v) is 4.44. The summed E-state index contributed by atoms with van der Waals surface area (Å²) < 4.78 is 0. The molecule has 1 spiro atoms. The zero-order chi connectivity index (χ0) is 14.7. The lowest BCUT2D eigenvalue weighted by Crippen LogP contribution is -2.43. The van der Waals surface area contributed by atoms with E-state index in [1.54, 1.807) is 0 Å². The number of likely N-dealkylation sites (tertiary alicyclic amines) is 1. The van der Waals surface area contributed by atoms with Crippen LogP contribution in [-0.4, -0.2) is 37.0 Å². The van der Waals surface area contributed by atoms with E-state index in [-0.39, 0.29) is 5.41 Å². The van der Waals surface area contributed by atoms with Crippen LogP contribution in [0.15, 0.2) is 24.3 Å². The number of para-hydroxylation sites is 1. The minimum atomic E-state index is -0.236. The maximum Gasteiger partial charge on any atom is 0.239 e. The lowest BCUT2D eigenvalue weighted by Gasteiger charge is -2.24. The molecule has 3 nitrogen and oxygen atoms in total. The molecule has 1 aromatic carbocycles. The first kappa shape index (κ1) is 13.1. The molecular formula is C19H24N2O. The second-order valence-corrected chi connectivity index (χ2v) is 7.89. The predicted molar refractivity (Wildman–Crippen MR) is 87.0 cm³/mol. The van der Waals surface area contributed by atoms with Gasteiger partial charge in [-0.2, -0.15) is 0 Å². The van der Waals surface area contributed by atoms with Crippen molar-refractivity contribution >= 4 is 11.6 Å². The van der Waals surface area contributed by atoms with E-state index in [0.717, 1.165) is 37.9 Å². The minimum absolute atomic E-state index is 0.236. The van der Waals surface area contributed by atoms with E-state index in [1.807, 2.05) is 0 Å². The van der Waals surface area contributed by atoms with Crippen LogP contribution in [0.2, 0.25) is 0 Å². The molecule has 2 saturated carbocycles. The highest BCUT2D eigenvalue weighted by Crippen LogP contribution is 2.49. The zero-order valence-electron chi connectivity index (χ0n) is 13.1. The van der Waals surface area contributed by atoms with Crippen molar-refractivity contribution in [3.05, 3.63) is 29.8 Å². The van der Waals surface area contributed by atoms with Crippen LogP contribution in [0.1, 0.15) is 37.7 Å². The average Bonchev–Trinajstić information content (AvgIpc) is 3.44. The number of fused-ring (bicyclic) bond motifs is 2. The van der Waals surface area contributed by atoms with Crippen LogP contribution in [0.25, 0.3) is 0 Å². The Hall–Kier alpha value is -1.35. The van der Waals surface area contributed by atoms with Crippen LogP contribution < -0.4 is 4.90 Å². The van der Waals surface area contributed by atoms with Crippen LogP contribution in [0.3, 0.4) is 0 Å². The van der Waals surface area contributed by atoms with Crippen molar-refractivity contribution in [2.75, 3.05) is 31.1 Å². The minimum Gasteiger partial charge on any atom is -0.311 e. The van der Waals surface area contributed by atoms with Gasteiger partial charge in [-0.15, -0.1) is 0 Å². The standard InChI is InChI=1S/C19H24N2O/c22-18-19(9-10-20(13-19)11-14-5-6-14)16-3-1-2-4-17(16)21(18)12-15-7-8-15/h1-4,14-15H,5-13H2. The molecule has 0 radical (unpaired) electrons. The van der Waals surface area contributed by atoms with E-state index in [1.165, 1.54) is 43.5 Å². The molecule has 116 valence electrons. The van der Waals surface area contributed by atoms with Gasteiger partial charge in [0.2, 0.25) is 5.91 Å². The number of hydrogen-bond acceptors (Lipinski definition) is 2. The first-order valence-corrected chi connectivity index (χ1v) is 8.90. The number of hydrogen-bond donors (Lipinski definition) is 0. The molecule has 0 aromatic heterocycles. The van der Waals surface area contributed by atoms with Crippen LogP contribution in [-0.2, 0) is 10.2 Å². The second kappa shape index (κ2) is 4.58. The number of carbonyl (C=O) groups excluding carboxylic acids is 1. The summed E-state index contributed by atoms with van der Waals surface area (Å²) in [5.74, 6) is 2.04. The normalized spacial score (nSPS) is 31.3. The van der Waals surface area contributed by atoms with Gasteiger partial charge < -0.3 is 9.80 Å². The Bertz CT molecular complexity index is 620. The summed E-state index contributed by atoms with van der Waals surface area (Å²) in [4.78, 5) is 18.0. The quantitative estimate of drug-likeness (QED) is 0.853. The average molecular weight is 296 g/mol. The fourth-order valence-electron chi connectivity index (χ4n) is 4.44. The van der Waals surface area contributed by atoms with Crippen molar-refractivity contribution in [1.82, 2.24) is 4.90 Å². The maximum absolute atomic E-state index is 13.3. The molecular weight excluding hydrogens is 272 g/mol. The van der Waals surface area contributed by atoms with E-state index in [2.05, 4.69) is 34.1 Å². The number of anilines is 1. The number of benzene rings is 1. The summed E-state index contributed by atoms with van der Waals surface area (Å²) in [6, 6.07) is 8.56. The number of amides is 1. The summed E-state index contributed by atoms with van der Waals surface area (Å²) in [5, 5.41) is 0. The number of carbonyl (C=O) groups is 1. The molecule has 1 saturated heterocycles. The van der Waals surface area contributed by atoms with Gasteiger partial charge in [-0.3, -0.25) is 4.79 Å². The highest BCUT2D eigenvalue weighted by Gasteiger charge is 2.54. The molecule has 1 amide bonds. The predicted octanol–water partition coefficient (Wildman–Crippen LogP) is 2.80. The monoisotopic (exact) mass is 296 g/mol. The lowest BCUT2D eigenvalue weighted by molar-refractivity contribution is -0.122. The Morgan fingerprint density at radius 1 is 1.05 bits per heavy atom. The Kier molecular flexibility index (Phi) is 2.73. The second-order valence-electron chi connectivity index (χ2n) is 7.89. The van der Waals surface area contributed by atoms with E-state index in [4.69, 9.17) is 0 Å². The molecule has 1 aromatic rings. The van der Waals surface area contributed by atoms with Gasteiger partial charge in [0.1, 0.15) is 0 Å². The van der Waals surface area contributed by atoms with Crippen molar-refractivity contribution < 1.29 is 4.79 Å². The van der Waals surface area contributed by atoms with Crippen molar-refractivity contribution in [2.24, 2.45) is 11.8 Å². The van der Waals surface area contributed by atoms with Crippen molar-refractivity contribution in [2.45, 2.75) is 37.5 Å². The Labute approximate surface area is 132 Å². The topological polar surface area (TPSA) is 23.6 Å². The van der Waals surface area contributed by atoms with Gasteiger partial charge in [0.05, 0.1) is 5.41 Å². The van der Waals surface area contributed by atoms with Gasteiger partial charge in [0.15, 0.2) is 0 Å². The molecule has 5 rings (SSSR count). The summed E-state index contributed by atoms with van der Waals surface area (Å²) >= 11 is 0. The zero-order valence-corrected chi connectivity index (χ0v) is 13.1. The molecule has 2 aliphatic heterocycles. The van der Waals surface area contributed by atoms with Gasteiger partial charge in [0, 0.05) is 25.3 Å². The molecule has 1 atom stereocenters. The first-order chi connectivity index (χ1) is 10.8. The van der Waals surface area contributed by atoms with Gasteiger partial charge in [0.25, 0.3) is 0 Å². The van der Waals surface area contributed by atoms with Crippen LogP contribution in [0, 0.1) is 11.8 Å². The van der Waals surface area contributed by atoms with Gasteiger partial charge in [-0.25, -0.2) is 0 Å². The largest absolute Gasteiger partial charge is 0.311 e. The van der Waals surface area contributed by atoms with Gasteiger partial charge in [-0.1, -0.05) is 18.2 Å². The highest BCUT2D eigenvalue weighted by atomic mass is 16.2. The fraction of sp³-hybridized carbons (Fsp3) is 0.632. The van der Waals surface area contributed by atoms with E-state index in [0.29, 0.717) is 5.91 Å². The molecule has 4 aliphatic rings. The van der Waals surface area contributed by atoms with Crippen LogP contribution >= 0.6 is 0 Å². The summed E-state index contributed by atoms with van der Waals surface area (Å²) in [7, 11) is 0. The third kappa shape index (κ3) is 1.95. The number of rotatable bonds is 4. The van der Waals surface area contributed by atoms with Crippen LogP contribution in [0.5, 0.6) is 0 Å². The molecule has 2 aliphatic carbocycles. The maximum atomic E-state index is 13.3. The molecule has 1 unspecified atom stereocenters. The molecule has 3 heteroatoms. The smallest absolute Gasteiger partial charge is 0.239 e. The van der Waals surface area contributed by atoms with E-state index < -0.39 is 0 Å². The van der Waals surface area contributed by atoms with E-state index >= 15 is 0 Å². The third-order valence-corrected chi connectivity index (χ3v) is 6.06. The SMILES string of the molecule is O=C1N(CC2CC2)c2ccccc2C12CCN(CC1CC1)C2. The molecule has 0 N–H and O–H groups in total. The van der Waals surface area contributed by atoms with Gasteiger partial charge in [-0.05, 0) is 62.1 Å². The van der Waals surface area contributed by atoms with Crippen molar-refractivity contribution in [3.63, 3.8) is 0 Å². The first-order valence-electron chi connectivity index (χ1n) is 8.90. The summed E-state index contributed by atoms with van der Waals surface area (Å²) in [6.07, 6.45) is 6.39. The molecule has 3 fully saturated rings. The summed E-state index contributed by atoms with van der Waals surface area (Å²) in [6.45, 7) is 4.19. The summed E-state index contributed by atoms with van der Waals surface area (Å²) in [5.41, 5.74) is 2.27. The highest BCUT2D eigenvalue weighted by molar-refractivity contribution is 6.08. The Balaban J connectivity index is 1.48. The molecule has 2 heterocycles.